The van der Waals surface area contributed by atoms with Crippen LogP contribution in [0.1, 0.15) is 25.2 Å². The summed E-state index contributed by atoms with van der Waals surface area (Å²) in [6, 6.07) is 8.96. The number of nitrogens with zero attached hydrogens (tertiary/aromatic N) is 4. The van der Waals surface area contributed by atoms with Crippen LogP contribution in [-0.4, -0.2) is 33.1 Å². The fraction of sp³-hybridized carbons (Fsp3) is 0.273. The van der Waals surface area contributed by atoms with Gasteiger partial charge in [-0.25, -0.2) is 19.9 Å². The third kappa shape index (κ3) is 6.55. The average molecular weight is 553 g/mol. The van der Waals surface area contributed by atoms with E-state index in [1.165, 1.54) is 30.3 Å². The third-order valence-electron chi connectivity index (χ3n) is 4.35. The molecule has 36 heavy (non-hydrogen) atoms. The third-order valence-corrected chi connectivity index (χ3v) is 4.87. The van der Waals surface area contributed by atoms with Gasteiger partial charge >= 0.3 is 12.4 Å². The number of rotatable bonds is 4. The first-order valence-electron chi connectivity index (χ1n) is 10.2. The molecule has 0 N–H and O–H groups in total. The van der Waals surface area contributed by atoms with Crippen LogP contribution in [0, 0.1) is 0 Å². The van der Waals surface area contributed by atoms with Gasteiger partial charge in [-0.2, -0.15) is 26.3 Å². The zero-order valence-corrected chi connectivity index (χ0v) is 20.0. The molecule has 0 atom stereocenters. The topological polar surface area (TPSA) is 70.0 Å². The molecular formula is C22H16Cl2F6N4O2. The smallest absolute Gasteiger partial charge is 0.436 e. The molecular weight excluding hydrogens is 537 g/mol. The number of benzene rings is 2. The molecule has 0 aliphatic carbocycles. The Morgan fingerprint density at radius 3 is 1.39 bits per heavy atom. The molecule has 0 radical (unpaired) electrons. The van der Waals surface area contributed by atoms with Crippen molar-refractivity contribution in [3.63, 3.8) is 0 Å². The quantitative estimate of drug-likeness (QED) is 0.246. The summed E-state index contributed by atoms with van der Waals surface area (Å²) in [5.41, 5.74) is -1.60. The Hall–Kier alpha value is -3.12. The highest BCUT2D eigenvalue weighted by Crippen LogP contribution is 2.35. The van der Waals surface area contributed by atoms with Gasteiger partial charge in [0.2, 0.25) is 0 Å². The lowest BCUT2D eigenvalue weighted by Gasteiger charge is -2.09. The molecule has 0 fully saturated rings. The molecule has 0 spiro atoms. The van der Waals surface area contributed by atoms with E-state index in [9.17, 15) is 26.3 Å². The van der Waals surface area contributed by atoms with Crippen molar-refractivity contribution < 1.29 is 35.8 Å². The molecule has 2 aromatic carbocycles. The molecule has 4 rings (SSSR count). The highest BCUT2D eigenvalue weighted by Gasteiger charge is 2.37. The van der Waals surface area contributed by atoms with Crippen molar-refractivity contribution in [3.05, 3.63) is 58.1 Å². The van der Waals surface area contributed by atoms with Crippen LogP contribution < -0.4 is 9.47 Å². The summed E-state index contributed by atoms with van der Waals surface area (Å²) in [7, 11) is 0. The van der Waals surface area contributed by atoms with Crippen molar-refractivity contribution in [3.8, 4) is 11.5 Å². The Bertz CT molecular complexity index is 1380. The molecule has 0 bridgehead atoms. The van der Waals surface area contributed by atoms with Crippen LogP contribution in [-0.2, 0) is 12.4 Å². The molecule has 2 aromatic heterocycles. The fourth-order valence-electron chi connectivity index (χ4n) is 2.90. The van der Waals surface area contributed by atoms with E-state index in [0.29, 0.717) is 24.7 Å². The predicted octanol–water partition coefficient (Wildman–Crippen LogP) is 7.40. The Morgan fingerprint density at radius 1 is 0.611 bits per heavy atom. The van der Waals surface area contributed by atoms with Gasteiger partial charge in [-0.3, -0.25) is 0 Å². The second-order valence-electron chi connectivity index (χ2n) is 6.89. The average Bonchev–Trinajstić information content (AvgIpc) is 2.78. The summed E-state index contributed by atoms with van der Waals surface area (Å²) < 4.78 is 85.9. The SMILES string of the molecule is CCOc1ccc2nc(C(F)(F)F)c(Cl)nc2c1.CCOc1ccc2nc(Cl)c(C(F)(F)F)nc2c1. The lowest BCUT2D eigenvalue weighted by Crippen LogP contribution is -2.10. The van der Waals surface area contributed by atoms with E-state index in [-0.39, 0.29) is 22.1 Å². The van der Waals surface area contributed by atoms with Crippen LogP contribution in [0.4, 0.5) is 26.3 Å². The van der Waals surface area contributed by atoms with E-state index >= 15 is 0 Å². The minimum Gasteiger partial charge on any atom is -0.494 e. The normalized spacial score (nSPS) is 11.8. The minimum atomic E-state index is -4.63. The maximum absolute atomic E-state index is 12.6. The monoisotopic (exact) mass is 552 g/mol. The van der Waals surface area contributed by atoms with E-state index < -0.39 is 34.0 Å². The molecule has 6 nitrogen and oxygen atoms in total. The maximum atomic E-state index is 12.6. The number of fused-ring (bicyclic) bond motifs is 2. The number of alkyl halides is 6. The Morgan fingerprint density at radius 2 is 0.972 bits per heavy atom. The van der Waals surface area contributed by atoms with Gasteiger partial charge < -0.3 is 9.47 Å². The lowest BCUT2D eigenvalue weighted by molar-refractivity contribution is -0.141. The van der Waals surface area contributed by atoms with Crippen molar-refractivity contribution in [1.82, 2.24) is 19.9 Å². The van der Waals surface area contributed by atoms with Gasteiger partial charge in [0.1, 0.15) is 11.5 Å². The van der Waals surface area contributed by atoms with Crippen LogP contribution in [0.5, 0.6) is 11.5 Å². The molecule has 0 unspecified atom stereocenters. The van der Waals surface area contributed by atoms with Crippen molar-refractivity contribution in [1.29, 1.82) is 0 Å². The van der Waals surface area contributed by atoms with Crippen LogP contribution in [0.3, 0.4) is 0 Å². The first-order valence-corrected chi connectivity index (χ1v) is 10.9. The number of hydrogen-bond donors (Lipinski definition) is 0. The van der Waals surface area contributed by atoms with Crippen LogP contribution >= 0.6 is 23.2 Å². The van der Waals surface area contributed by atoms with Crippen molar-refractivity contribution in [2.75, 3.05) is 13.2 Å². The highest BCUT2D eigenvalue weighted by atomic mass is 35.5. The summed E-state index contributed by atoms with van der Waals surface area (Å²) in [5.74, 6) is 0.949. The van der Waals surface area contributed by atoms with E-state index in [1.807, 2.05) is 0 Å². The maximum Gasteiger partial charge on any atom is 0.436 e. The summed E-state index contributed by atoms with van der Waals surface area (Å²) in [5, 5.41) is -1.32. The van der Waals surface area contributed by atoms with E-state index in [1.54, 1.807) is 19.9 Å². The summed E-state index contributed by atoms with van der Waals surface area (Å²) in [6.45, 7) is 4.44. The van der Waals surface area contributed by atoms with Gasteiger partial charge in [0, 0.05) is 12.1 Å². The van der Waals surface area contributed by atoms with Crippen molar-refractivity contribution in [2.24, 2.45) is 0 Å². The van der Waals surface area contributed by atoms with Gasteiger partial charge in [0.25, 0.3) is 0 Å². The first kappa shape index (κ1) is 27.5. The van der Waals surface area contributed by atoms with Gasteiger partial charge in [-0.15, -0.1) is 0 Å². The number of ether oxygens (including phenoxy) is 2. The van der Waals surface area contributed by atoms with Crippen LogP contribution in [0.2, 0.25) is 10.3 Å². The Kier molecular flexibility index (Phi) is 8.29. The predicted molar refractivity (Wildman–Crippen MR) is 121 cm³/mol. The highest BCUT2D eigenvalue weighted by molar-refractivity contribution is 6.30. The molecule has 0 amide bonds. The van der Waals surface area contributed by atoms with Gasteiger partial charge in [0.15, 0.2) is 21.7 Å². The summed E-state index contributed by atoms with van der Waals surface area (Å²) in [4.78, 5) is 14.3. The van der Waals surface area contributed by atoms with E-state index in [2.05, 4.69) is 19.9 Å². The molecule has 0 aliphatic rings. The molecule has 0 saturated carbocycles. The molecule has 0 aliphatic heterocycles. The molecule has 4 aromatic rings. The summed E-state index contributed by atoms with van der Waals surface area (Å²) in [6.07, 6.45) is -9.24. The van der Waals surface area contributed by atoms with Crippen molar-refractivity contribution in [2.45, 2.75) is 26.2 Å². The van der Waals surface area contributed by atoms with Crippen LogP contribution in [0.15, 0.2) is 36.4 Å². The Labute approximate surface area is 210 Å². The molecule has 0 saturated heterocycles. The lowest BCUT2D eigenvalue weighted by atomic mass is 10.2. The van der Waals surface area contributed by atoms with Gasteiger partial charge in [-0.05, 0) is 38.1 Å². The first-order chi connectivity index (χ1) is 16.8. The second kappa shape index (κ2) is 10.9. The number of aromatic nitrogens is 4. The summed E-state index contributed by atoms with van der Waals surface area (Å²) >= 11 is 10.9. The zero-order valence-electron chi connectivity index (χ0n) is 18.5. The van der Waals surface area contributed by atoms with E-state index in [4.69, 9.17) is 32.7 Å². The van der Waals surface area contributed by atoms with Crippen LogP contribution in [0.25, 0.3) is 22.1 Å². The van der Waals surface area contributed by atoms with Gasteiger partial charge in [-0.1, -0.05) is 23.2 Å². The molecule has 14 heteroatoms. The zero-order chi connectivity index (χ0) is 26.7. The number of hydrogen-bond acceptors (Lipinski definition) is 6. The van der Waals surface area contributed by atoms with Gasteiger partial charge in [0.05, 0.1) is 35.3 Å². The van der Waals surface area contributed by atoms with E-state index in [0.717, 1.165) is 0 Å². The fourth-order valence-corrected chi connectivity index (χ4v) is 3.38. The molecule has 2 heterocycles. The molecule has 192 valence electrons. The second-order valence-corrected chi connectivity index (χ2v) is 7.60. The standard InChI is InChI=1S/2C11H8ClF3N2O/c1-2-18-6-3-4-7-8(5-6)16-9(10(12)17-7)11(13,14)15;1-2-18-6-3-4-7-8(5-6)17-10(12)9(16-7)11(13,14)15/h2*3-5H,2H2,1H3. The number of halogens is 8. The Balaban J connectivity index is 0.000000201. The largest absolute Gasteiger partial charge is 0.494 e. The van der Waals surface area contributed by atoms with Crippen molar-refractivity contribution >= 4 is 45.3 Å². The minimum absolute atomic E-state index is 0.0951.